The number of hydrogen-bond acceptors (Lipinski definition) is 4. The van der Waals surface area contributed by atoms with Gasteiger partial charge in [-0.05, 0) is 48.9 Å². The van der Waals surface area contributed by atoms with Crippen molar-refractivity contribution in [3.63, 3.8) is 0 Å². The van der Waals surface area contributed by atoms with Gasteiger partial charge in [-0.15, -0.1) is 0 Å². The van der Waals surface area contributed by atoms with Gasteiger partial charge in [0, 0.05) is 18.0 Å². The monoisotopic (exact) mass is 403 g/mol. The molecular formula is C25H30BNO3. The molecule has 0 spiro atoms. The Kier molecular flexibility index (Phi) is 7.25. The summed E-state index contributed by atoms with van der Waals surface area (Å²) in [6, 6.07) is 17.8. The molecule has 2 aromatic rings. The molecule has 2 aromatic carbocycles. The summed E-state index contributed by atoms with van der Waals surface area (Å²) < 4.78 is 6.08. The summed E-state index contributed by atoms with van der Waals surface area (Å²) in [5, 5.41) is 13.7. The number of carbonyl (C=O) groups is 1. The highest BCUT2D eigenvalue weighted by molar-refractivity contribution is 6.15. The molecule has 0 aromatic heterocycles. The third-order valence-corrected chi connectivity index (χ3v) is 5.96. The van der Waals surface area contributed by atoms with Gasteiger partial charge in [-0.25, -0.2) is 4.79 Å². The number of hydrogen-bond donors (Lipinski definition) is 2. The first kappa shape index (κ1) is 22.0. The second-order valence-electron chi connectivity index (χ2n) is 8.08. The molecule has 0 aliphatic carbocycles. The summed E-state index contributed by atoms with van der Waals surface area (Å²) in [6.45, 7) is 4.08. The SMILES string of the molecule is [B]Nc1cccc([C@@H](CC)C2=C(O)C[C@@](CCC)(CCc3ccccc3)OC2=O)c1. The number of rotatable bonds is 9. The van der Waals surface area contributed by atoms with Crippen LogP contribution in [0.2, 0.25) is 0 Å². The quantitative estimate of drug-likeness (QED) is 0.422. The Bertz CT molecular complexity index is 896. The molecule has 2 N–H and O–H groups in total. The zero-order valence-corrected chi connectivity index (χ0v) is 17.9. The summed E-state index contributed by atoms with van der Waals surface area (Å²) >= 11 is 0. The molecule has 1 heterocycles. The van der Waals surface area contributed by atoms with Gasteiger partial charge in [-0.3, -0.25) is 0 Å². The summed E-state index contributed by atoms with van der Waals surface area (Å²) in [6.07, 6.45) is 4.14. The number of benzene rings is 2. The van der Waals surface area contributed by atoms with Crippen molar-refractivity contribution >= 4 is 19.6 Å². The van der Waals surface area contributed by atoms with Crippen molar-refractivity contribution in [2.75, 3.05) is 5.23 Å². The second kappa shape index (κ2) is 9.88. The lowest BCUT2D eigenvalue weighted by Gasteiger charge is -2.38. The van der Waals surface area contributed by atoms with Crippen LogP contribution in [-0.4, -0.2) is 24.7 Å². The van der Waals surface area contributed by atoms with Gasteiger partial charge >= 0.3 is 5.97 Å². The average molecular weight is 403 g/mol. The zero-order valence-electron chi connectivity index (χ0n) is 17.9. The topological polar surface area (TPSA) is 58.6 Å². The van der Waals surface area contributed by atoms with Crippen LogP contribution in [0.5, 0.6) is 0 Å². The molecule has 4 nitrogen and oxygen atoms in total. The van der Waals surface area contributed by atoms with Gasteiger partial charge in [0.05, 0.1) is 5.57 Å². The molecule has 0 fully saturated rings. The molecule has 30 heavy (non-hydrogen) atoms. The average Bonchev–Trinajstić information content (AvgIpc) is 2.76. The molecule has 0 unspecified atom stereocenters. The standard InChI is InChI=1S/C25H30BNO3/c1-3-14-25(15-13-18-9-6-5-7-10-18)17-22(28)23(24(29)30-25)21(4-2)19-11-8-12-20(16-19)27-26/h5-12,16,21,27-28H,3-4,13-15,17H2,1-2H3/t21-,25-/m1/s1. The van der Waals surface area contributed by atoms with E-state index in [4.69, 9.17) is 12.7 Å². The minimum absolute atomic E-state index is 0.158. The number of esters is 1. The Hall–Kier alpha value is -2.69. The first-order valence-electron chi connectivity index (χ1n) is 10.8. The van der Waals surface area contributed by atoms with Crippen LogP contribution >= 0.6 is 0 Å². The fourth-order valence-corrected chi connectivity index (χ4v) is 4.48. The van der Waals surface area contributed by atoms with Crippen molar-refractivity contribution in [1.82, 2.24) is 0 Å². The molecule has 156 valence electrons. The molecule has 0 saturated heterocycles. The molecule has 5 heteroatoms. The van der Waals surface area contributed by atoms with Gasteiger partial charge in [0.25, 0.3) is 0 Å². The van der Waals surface area contributed by atoms with Gasteiger partial charge in [-0.2, -0.15) is 0 Å². The predicted molar refractivity (Wildman–Crippen MR) is 122 cm³/mol. The lowest BCUT2D eigenvalue weighted by molar-refractivity contribution is -0.161. The van der Waals surface area contributed by atoms with E-state index in [2.05, 4.69) is 24.3 Å². The zero-order chi connectivity index (χ0) is 21.6. The first-order valence-corrected chi connectivity index (χ1v) is 10.8. The van der Waals surface area contributed by atoms with Crippen molar-refractivity contribution in [2.45, 2.75) is 63.9 Å². The Balaban J connectivity index is 1.88. The highest BCUT2D eigenvalue weighted by Gasteiger charge is 2.43. The van der Waals surface area contributed by atoms with E-state index >= 15 is 0 Å². The normalized spacial score (nSPS) is 20.0. The number of aliphatic hydroxyl groups is 1. The fourth-order valence-electron chi connectivity index (χ4n) is 4.48. The molecule has 2 atom stereocenters. The number of aryl methyl sites for hydroxylation is 1. The van der Waals surface area contributed by atoms with Crippen LogP contribution in [0, 0.1) is 0 Å². The van der Waals surface area contributed by atoms with E-state index in [0.29, 0.717) is 24.8 Å². The summed E-state index contributed by atoms with van der Waals surface area (Å²) in [7, 11) is 5.54. The molecule has 1 aliphatic heterocycles. The third-order valence-electron chi connectivity index (χ3n) is 5.96. The van der Waals surface area contributed by atoms with Gasteiger partial charge in [-0.1, -0.05) is 62.7 Å². The van der Waals surface area contributed by atoms with Crippen LogP contribution in [0.25, 0.3) is 0 Å². The molecule has 1 aliphatic rings. The van der Waals surface area contributed by atoms with Crippen molar-refractivity contribution in [3.8, 4) is 0 Å². The summed E-state index contributed by atoms with van der Waals surface area (Å²) in [5.41, 5.74) is 2.61. The molecule has 0 bridgehead atoms. The number of aliphatic hydroxyl groups excluding tert-OH is 1. The molecule has 2 radical (unpaired) electrons. The van der Waals surface area contributed by atoms with E-state index in [0.717, 1.165) is 30.5 Å². The van der Waals surface area contributed by atoms with E-state index in [1.807, 2.05) is 49.4 Å². The Labute approximate surface area is 180 Å². The van der Waals surface area contributed by atoms with Crippen molar-refractivity contribution in [3.05, 3.63) is 77.1 Å². The number of ether oxygens (including phenoxy) is 1. The van der Waals surface area contributed by atoms with Crippen LogP contribution in [0.4, 0.5) is 5.69 Å². The predicted octanol–water partition coefficient (Wildman–Crippen LogP) is 5.61. The number of carbonyl (C=O) groups excluding carboxylic acids is 1. The van der Waals surface area contributed by atoms with E-state index in [1.54, 1.807) is 0 Å². The maximum absolute atomic E-state index is 13.2. The molecule has 0 saturated carbocycles. The van der Waals surface area contributed by atoms with Gasteiger partial charge in [0.15, 0.2) is 0 Å². The summed E-state index contributed by atoms with van der Waals surface area (Å²) in [5.74, 6) is -0.483. The Morgan fingerprint density at radius 3 is 2.53 bits per heavy atom. The molecule has 3 rings (SSSR count). The third kappa shape index (κ3) is 4.89. The van der Waals surface area contributed by atoms with Crippen LogP contribution in [0.15, 0.2) is 65.9 Å². The van der Waals surface area contributed by atoms with Crippen LogP contribution in [0.1, 0.15) is 63.0 Å². The van der Waals surface area contributed by atoms with Gasteiger partial charge in [0.2, 0.25) is 7.98 Å². The van der Waals surface area contributed by atoms with Crippen LogP contribution in [0.3, 0.4) is 0 Å². The van der Waals surface area contributed by atoms with E-state index in [-0.39, 0.29) is 11.7 Å². The first-order chi connectivity index (χ1) is 14.5. The van der Waals surface area contributed by atoms with Crippen LogP contribution < -0.4 is 5.23 Å². The van der Waals surface area contributed by atoms with Crippen LogP contribution in [-0.2, 0) is 16.0 Å². The highest BCUT2D eigenvalue weighted by atomic mass is 16.6. The lowest BCUT2D eigenvalue weighted by atomic mass is 9.80. The van der Waals surface area contributed by atoms with Crippen molar-refractivity contribution < 1.29 is 14.6 Å². The highest BCUT2D eigenvalue weighted by Crippen LogP contribution is 2.42. The summed E-state index contributed by atoms with van der Waals surface area (Å²) in [4.78, 5) is 13.2. The minimum Gasteiger partial charge on any atom is -0.512 e. The van der Waals surface area contributed by atoms with Crippen molar-refractivity contribution in [1.29, 1.82) is 0 Å². The van der Waals surface area contributed by atoms with Crippen molar-refractivity contribution in [2.24, 2.45) is 0 Å². The van der Waals surface area contributed by atoms with E-state index < -0.39 is 11.6 Å². The van der Waals surface area contributed by atoms with E-state index in [9.17, 15) is 9.90 Å². The lowest BCUT2D eigenvalue weighted by Crippen LogP contribution is -2.41. The maximum atomic E-state index is 13.2. The molecular weight excluding hydrogens is 373 g/mol. The number of cyclic esters (lactones) is 1. The number of anilines is 1. The molecule has 0 amide bonds. The largest absolute Gasteiger partial charge is 0.512 e. The minimum atomic E-state index is -0.659. The Morgan fingerprint density at radius 2 is 1.90 bits per heavy atom. The smallest absolute Gasteiger partial charge is 0.338 e. The number of nitrogens with one attached hydrogen (secondary N) is 1. The van der Waals surface area contributed by atoms with Gasteiger partial charge < -0.3 is 15.1 Å². The maximum Gasteiger partial charge on any atom is 0.338 e. The van der Waals surface area contributed by atoms with Gasteiger partial charge in [0.1, 0.15) is 11.4 Å². The second-order valence-corrected chi connectivity index (χ2v) is 8.08. The Morgan fingerprint density at radius 1 is 1.13 bits per heavy atom. The fraction of sp³-hybridized carbons (Fsp3) is 0.400. The van der Waals surface area contributed by atoms with E-state index in [1.165, 1.54) is 5.56 Å².